The van der Waals surface area contributed by atoms with Crippen molar-refractivity contribution < 1.29 is 4.79 Å². The van der Waals surface area contributed by atoms with Crippen LogP contribution >= 0.6 is 24.2 Å². The van der Waals surface area contributed by atoms with Crippen molar-refractivity contribution in [2.24, 2.45) is 0 Å². The summed E-state index contributed by atoms with van der Waals surface area (Å²) in [5.41, 5.74) is 1.87. The number of benzene rings is 1. The molecule has 0 spiro atoms. The molecule has 0 saturated heterocycles. The fourth-order valence-electron chi connectivity index (χ4n) is 1.12. The number of alkyl halides is 1. The van der Waals surface area contributed by atoms with Crippen LogP contribution in [0.15, 0.2) is 23.1 Å². The van der Waals surface area contributed by atoms with Crippen molar-refractivity contribution in [3.8, 4) is 0 Å². The van der Waals surface area contributed by atoms with Gasteiger partial charge in [0, 0.05) is 4.90 Å². The minimum atomic E-state index is -0.549. The Morgan fingerprint density at radius 2 is 2.15 bits per heavy atom. The van der Waals surface area contributed by atoms with Gasteiger partial charge in [0.25, 0.3) is 0 Å². The second-order valence-electron chi connectivity index (χ2n) is 3.01. The van der Waals surface area contributed by atoms with E-state index in [1.54, 1.807) is 0 Å². The maximum absolute atomic E-state index is 11.1. The number of Topliss-reactive ketones (excluding diaryl/α,β-unsaturated/α-hetero) is 1. The van der Waals surface area contributed by atoms with Crippen LogP contribution in [0.3, 0.4) is 0 Å². The number of rotatable bonds is 2. The lowest BCUT2D eigenvalue weighted by molar-refractivity contribution is -0.116. The summed E-state index contributed by atoms with van der Waals surface area (Å²) in [6.07, 6.45) is 0. The van der Waals surface area contributed by atoms with Crippen molar-refractivity contribution in [1.82, 2.24) is 0 Å². The van der Waals surface area contributed by atoms with Gasteiger partial charge >= 0.3 is 0 Å². The molecule has 0 aliphatic carbocycles. The van der Waals surface area contributed by atoms with Crippen molar-refractivity contribution >= 4 is 30.0 Å². The molecular weight excluding hydrogens is 204 g/mol. The van der Waals surface area contributed by atoms with E-state index in [4.69, 9.17) is 11.6 Å². The van der Waals surface area contributed by atoms with Gasteiger partial charge in [0.15, 0.2) is 5.78 Å². The normalized spacial score (nSPS) is 12.6. The summed E-state index contributed by atoms with van der Waals surface area (Å²) >= 11 is 10.1. The first kappa shape index (κ1) is 10.6. The molecule has 0 heterocycles. The third-order valence-electron chi connectivity index (χ3n) is 1.89. The standard InChI is InChI=1S/C10H11ClOS/c1-6-3-4-8(13)5-9(6)10(11)7(2)12/h3-5,10,13H,1-2H3. The van der Waals surface area contributed by atoms with Crippen molar-refractivity contribution in [3.05, 3.63) is 29.3 Å². The quantitative estimate of drug-likeness (QED) is 0.591. The average Bonchev–Trinajstić information content (AvgIpc) is 2.08. The van der Waals surface area contributed by atoms with Gasteiger partial charge in [-0.1, -0.05) is 6.07 Å². The molecule has 0 aromatic heterocycles. The summed E-state index contributed by atoms with van der Waals surface area (Å²) < 4.78 is 0. The maximum atomic E-state index is 11.1. The molecule has 1 aromatic rings. The van der Waals surface area contributed by atoms with Gasteiger partial charge in [0.1, 0.15) is 5.38 Å². The van der Waals surface area contributed by atoms with Crippen LogP contribution in [-0.4, -0.2) is 5.78 Å². The second kappa shape index (κ2) is 4.16. The molecule has 70 valence electrons. The van der Waals surface area contributed by atoms with Crippen LogP contribution in [-0.2, 0) is 4.79 Å². The van der Waals surface area contributed by atoms with E-state index in [1.165, 1.54) is 6.92 Å². The van der Waals surface area contributed by atoms with Crippen molar-refractivity contribution in [2.75, 3.05) is 0 Å². The third kappa shape index (κ3) is 2.48. The van der Waals surface area contributed by atoms with Gasteiger partial charge in [-0.3, -0.25) is 4.79 Å². The van der Waals surface area contributed by atoms with Gasteiger partial charge < -0.3 is 0 Å². The van der Waals surface area contributed by atoms with Gasteiger partial charge in [0.2, 0.25) is 0 Å². The number of carbonyl (C=O) groups is 1. The number of hydrogen-bond donors (Lipinski definition) is 1. The minimum absolute atomic E-state index is 0.0382. The van der Waals surface area contributed by atoms with E-state index >= 15 is 0 Å². The molecule has 1 atom stereocenters. The topological polar surface area (TPSA) is 17.1 Å². The third-order valence-corrected chi connectivity index (χ3v) is 2.71. The van der Waals surface area contributed by atoms with E-state index in [2.05, 4.69) is 12.6 Å². The number of hydrogen-bond acceptors (Lipinski definition) is 2. The molecule has 0 aliphatic heterocycles. The first-order valence-corrected chi connectivity index (χ1v) is 4.84. The second-order valence-corrected chi connectivity index (χ2v) is 3.97. The average molecular weight is 215 g/mol. The summed E-state index contributed by atoms with van der Waals surface area (Å²) in [4.78, 5) is 11.9. The summed E-state index contributed by atoms with van der Waals surface area (Å²) in [6, 6.07) is 5.62. The highest BCUT2D eigenvalue weighted by molar-refractivity contribution is 7.80. The summed E-state index contributed by atoms with van der Waals surface area (Å²) in [5, 5.41) is -0.549. The lowest BCUT2D eigenvalue weighted by atomic mass is 10.0. The van der Waals surface area contributed by atoms with Gasteiger partial charge in [-0.25, -0.2) is 0 Å². The van der Waals surface area contributed by atoms with Crippen LogP contribution < -0.4 is 0 Å². The molecule has 0 saturated carbocycles. The lowest BCUT2D eigenvalue weighted by Crippen LogP contribution is -2.03. The zero-order valence-corrected chi connectivity index (χ0v) is 9.19. The number of thiol groups is 1. The number of carbonyl (C=O) groups excluding carboxylic acids is 1. The Kier molecular flexibility index (Phi) is 3.40. The molecule has 1 unspecified atom stereocenters. The molecule has 13 heavy (non-hydrogen) atoms. The largest absolute Gasteiger partial charge is 0.298 e. The highest BCUT2D eigenvalue weighted by Gasteiger charge is 2.15. The Bertz CT molecular complexity index is 336. The van der Waals surface area contributed by atoms with Crippen LogP contribution in [0, 0.1) is 6.92 Å². The maximum Gasteiger partial charge on any atom is 0.152 e. The molecule has 0 aliphatic rings. The number of aryl methyl sites for hydroxylation is 1. The van der Waals surface area contributed by atoms with E-state index in [1.807, 2.05) is 25.1 Å². The predicted octanol–water partition coefficient (Wildman–Crippen LogP) is 3.15. The van der Waals surface area contributed by atoms with Gasteiger partial charge in [-0.2, -0.15) is 0 Å². The van der Waals surface area contributed by atoms with Crippen molar-refractivity contribution in [1.29, 1.82) is 0 Å². The zero-order valence-electron chi connectivity index (χ0n) is 7.54. The molecule has 0 N–H and O–H groups in total. The molecule has 1 rings (SSSR count). The molecule has 0 radical (unpaired) electrons. The molecule has 0 bridgehead atoms. The first-order valence-electron chi connectivity index (χ1n) is 3.96. The molecular formula is C10H11ClOS. The Hall–Kier alpha value is -0.470. The molecule has 0 fully saturated rings. The fourth-order valence-corrected chi connectivity index (χ4v) is 1.57. The van der Waals surface area contributed by atoms with Crippen LogP contribution in [0.1, 0.15) is 23.4 Å². The van der Waals surface area contributed by atoms with E-state index in [-0.39, 0.29) is 5.78 Å². The zero-order chi connectivity index (χ0) is 10.0. The van der Waals surface area contributed by atoms with Gasteiger partial charge in [0.05, 0.1) is 0 Å². The fraction of sp³-hybridized carbons (Fsp3) is 0.300. The van der Waals surface area contributed by atoms with E-state index in [0.717, 1.165) is 16.0 Å². The highest BCUT2D eigenvalue weighted by atomic mass is 35.5. The summed E-state index contributed by atoms with van der Waals surface area (Å²) in [6.45, 7) is 3.42. The Morgan fingerprint density at radius 3 is 2.69 bits per heavy atom. The predicted molar refractivity (Wildman–Crippen MR) is 57.7 cm³/mol. The Balaban J connectivity index is 3.12. The van der Waals surface area contributed by atoms with Gasteiger partial charge in [-0.15, -0.1) is 24.2 Å². The van der Waals surface area contributed by atoms with Crippen LogP contribution in [0.5, 0.6) is 0 Å². The van der Waals surface area contributed by atoms with E-state index in [9.17, 15) is 4.79 Å². The molecule has 1 aromatic carbocycles. The van der Waals surface area contributed by atoms with Gasteiger partial charge in [-0.05, 0) is 37.1 Å². The summed E-state index contributed by atoms with van der Waals surface area (Å²) in [7, 11) is 0. The molecule has 0 amide bonds. The number of halogens is 1. The van der Waals surface area contributed by atoms with Crippen molar-refractivity contribution in [2.45, 2.75) is 24.1 Å². The van der Waals surface area contributed by atoms with E-state index in [0.29, 0.717) is 0 Å². The monoisotopic (exact) mass is 214 g/mol. The Morgan fingerprint density at radius 1 is 1.54 bits per heavy atom. The van der Waals surface area contributed by atoms with Crippen molar-refractivity contribution in [3.63, 3.8) is 0 Å². The van der Waals surface area contributed by atoms with Crippen LogP contribution in [0.2, 0.25) is 0 Å². The van der Waals surface area contributed by atoms with Crippen LogP contribution in [0.4, 0.5) is 0 Å². The summed E-state index contributed by atoms with van der Waals surface area (Å²) in [5.74, 6) is -0.0382. The molecule has 3 heteroatoms. The Labute approximate surface area is 88.5 Å². The first-order chi connectivity index (χ1) is 6.02. The smallest absolute Gasteiger partial charge is 0.152 e. The number of ketones is 1. The SMILES string of the molecule is CC(=O)C(Cl)c1cc(S)ccc1C. The van der Waals surface area contributed by atoms with E-state index < -0.39 is 5.38 Å². The molecule has 1 nitrogen and oxygen atoms in total. The van der Waals surface area contributed by atoms with Crippen LogP contribution in [0.25, 0.3) is 0 Å². The minimum Gasteiger partial charge on any atom is -0.298 e. The lowest BCUT2D eigenvalue weighted by Gasteiger charge is -2.09. The highest BCUT2D eigenvalue weighted by Crippen LogP contribution is 2.26.